The van der Waals surface area contributed by atoms with Gasteiger partial charge in [0.15, 0.2) is 0 Å². The molecule has 2 rings (SSSR count). The predicted octanol–water partition coefficient (Wildman–Crippen LogP) is 2.68. The number of hydrogen-bond acceptors (Lipinski definition) is 3. The number of aromatic nitrogens is 2. The third kappa shape index (κ3) is 4.32. The number of carbonyl (C=O) groups excluding carboxylic acids is 1. The Balaban J connectivity index is 2.18. The SMILES string of the molecule is Cc1nn(CC(F)(F)F)c(C)c1C(C)C(=O)NC1(CC(=O)O)CCC1. The zero-order valence-electron chi connectivity index (χ0n) is 14.4. The molecule has 0 aliphatic heterocycles. The van der Waals surface area contributed by atoms with Crippen LogP contribution in [0.1, 0.15) is 55.5 Å². The van der Waals surface area contributed by atoms with E-state index in [9.17, 15) is 22.8 Å². The molecule has 1 aromatic rings. The summed E-state index contributed by atoms with van der Waals surface area (Å²) in [7, 11) is 0. The van der Waals surface area contributed by atoms with Crippen LogP contribution in [0.4, 0.5) is 13.2 Å². The molecule has 1 unspecified atom stereocenters. The second kappa shape index (κ2) is 6.68. The van der Waals surface area contributed by atoms with Crippen molar-refractivity contribution in [3.8, 4) is 0 Å². The van der Waals surface area contributed by atoms with E-state index in [1.54, 1.807) is 13.8 Å². The topological polar surface area (TPSA) is 84.2 Å². The van der Waals surface area contributed by atoms with Gasteiger partial charge in [0.05, 0.1) is 23.6 Å². The van der Waals surface area contributed by atoms with E-state index >= 15 is 0 Å². The van der Waals surface area contributed by atoms with Crippen LogP contribution >= 0.6 is 0 Å². The standard InChI is InChI=1S/C16H22F3N3O3/c1-9(14(25)20-15(5-4-6-15)7-12(23)24)13-10(2)21-22(11(13)3)8-16(17,18)19/h9H,4-8H2,1-3H3,(H,20,25)(H,23,24). The van der Waals surface area contributed by atoms with Crippen LogP contribution in [-0.2, 0) is 16.1 Å². The van der Waals surface area contributed by atoms with Gasteiger partial charge < -0.3 is 10.4 Å². The van der Waals surface area contributed by atoms with E-state index < -0.39 is 36.1 Å². The molecule has 0 bridgehead atoms. The lowest BCUT2D eigenvalue weighted by atomic mass is 9.74. The smallest absolute Gasteiger partial charge is 0.408 e. The summed E-state index contributed by atoms with van der Waals surface area (Å²) in [4.78, 5) is 23.6. The maximum Gasteiger partial charge on any atom is 0.408 e. The number of nitrogens with one attached hydrogen (secondary N) is 1. The molecule has 25 heavy (non-hydrogen) atoms. The fourth-order valence-corrected chi connectivity index (χ4v) is 3.40. The fourth-order valence-electron chi connectivity index (χ4n) is 3.40. The van der Waals surface area contributed by atoms with Crippen LogP contribution in [0.3, 0.4) is 0 Å². The number of alkyl halides is 3. The van der Waals surface area contributed by atoms with Gasteiger partial charge in [-0.25, -0.2) is 0 Å². The maximum absolute atomic E-state index is 12.6. The molecule has 1 heterocycles. The summed E-state index contributed by atoms with van der Waals surface area (Å²) >= 11 is 0. The van der Waals surface area contributed by atoms with E-state index in [0.717, 1.165) is 11.1 Å². The van der Waals surface area contributed by atoms with Gasteiger partial charge >= 0.3 is 12.1 Å². The van der Waals surface area contributed by atoms with Gasteiger partial charge in [0.1, 0.15) is 6.54 Å². The number of rotatable bonds is 6. The molecule has 140 valence electrons. The second-order valence-electron chi connectivity index (χ2n) is 6.77. The molecule has 6 nitrogen and oxygen atoms in total. The van der Waals surface area contributed by atoms with Gasteiger partial charge in [0, 0.05) is 11.3 Å². The Morgan fingerprint density at radius 1 is 1.36 bits per heavy atom. The largest absolute Gasteiger partial charge is 0.481 e. The average molecular weight is 361 g/mol. The molecule has 9 heteroatoms. The first kappa shape index (κ1) is 19.3. The zero-order valence-corrected chi connectivity index (χ0v) is 14.4. The monoisotopic (exact) mass is 361 g/mol. The molecule has 1 fully saturated rings. The number of aliphatic carboxylic acids is 1. The Hall–Kier alpha value is -2.06. The number of amides is 1. The van der Waals surface area contributed by atoms with Gasteiger partial charge in [-0.1, -0.05) is 0 Å². The summed E-state index contributed by atoms with van der Waals surface area (Å²) in [6.07, 6.45) is -2.55. The molecule has 1 aromatic heterocycles. The highest BCUT2D eigenvalue weighted by Crippen LogP contribution is 2.36. The van der Waals surface area contributed by atoms with E-state index in [0.29, 0.717) is 29.8 Å². The highest BCUT2D eigenvalue weighted by atomic mass is 19.4. The number of aryl methyl sites for hydroxylation is 1. The molecule has 1 aliphatic rings. The minimum atomic E-state index is -4.40. The van der Waals surface area contributed by atoms with Crippen molar-refractivity contribution in [2.24, 2.45) is 0 Å². The maximum atomic E-state index is 12.6. The van der Waals surface area contributed by atoms with E-state index in [-0.39, 0.29) is 6.42 Å². The Bertz CT molecular complexity index is 678. The normalized spacial score (nSPS) is 17.7. The number of carboxylic acid groups (broad SMARTS) is 1. The summed E-state index contributed by atoms with van der Waals surface area (Å²) in [6, 6.07) is 0. The fraction of sp³-hybridized carbons (Fsp3) is 0.688. The minimum absolute atomic E-state index is 0.156. The van der Waals surface area contributed by atoms with E-state index in [2.05, 4.69) is 10.4 Å². The highest BCUT2D eigenvalue weighted by Gasteiger charge is 2.41. The summed E-state index contributed by atoms with van der Waals surface area (Å²) < 4.78 is 38.7. The molecular weight excluding hydrogens is 339 g/mol. The van der Waals surface area contributed by atoms with Gasteiger partial charge in [-0.3, -0.25) is 14.3 Å². The minimum Gasteiger partial charge on any atom is -0.481 e. The molecule has 1 saturated carbocycles. The summed E-state index contributed by atoms with van der Waals surface area (Å²) in [5, 5.41) is 15.7. The number of nitrogens with zero attached hydrogens (tertiary/aromatic N) is 2. The van der Waals surface area contributed by atoms with Crippen LogP contribution < -0.4 is 5.32 Å². The lowest BCUT2D eigenvalue weighted by molar-refractivity contribution is -0.143. The molecule has 1 atom stereocenters. The highest BCUT2D eigenvalue weighted by molar-refractivity contribution is 5.85. The molecule has 1 amide bonds. The number of carbonyl (C=O) groups is 2. The molecule has 0 saturated heterocycles. The number of halogens is 3. The van der Waals surface area contributed by atoms with Crippen molar-refractivity contribution in [3.05, 3.63) is 17.0 Å². The predicted molar refractivity (Wildman–Crippen MR) is 83.1 cm³/mol. The van der Waals surface area contributed by atoms with Gasteiger partial charge in [-0.15, -0.1) is 0 Å². The molecule has 0 radical (unpaired) electrons. The Kier molecular flexibility index (Phi) is 5.15. The quantitative estimate of drug-likeness (QED) is 0.816. The van der Waals surface area contributed by atoms with E-state index in [1.165, 1.54) is 6.92 Å². The Morgan fingerprint density at radius 3 is 2.40 bits per heavy atom. The van der Waals surface area contributed by atoms with Gasteiger partial charge in [-0.2, -0.15) is 18.3 Å². The van der Waals surface area contributed by atoms with Crippen molar-refractivity contribution in [2.45, 2.75) is 70.6 Å². The molecular formula is C16H22F3N3O3. The third-order valence-corrected chi connectivity index (χ3v) is 4.78. The van der Waals surface area contributed by atoms with Crippen LogP contribution in [0, 0.1) is 13.8 Å². The molecule has 0 aromatic carbocycles. The number of carboxylic acids is 1. The van der Waals surface area contributed by atoms with Crippen molar-refractivity contribution >= 4 is 11.9 Å². The Labute approximate surface area is 143 Å². The molecule has 0 spiro atoms. The number of hydrogen-bond donors (Lipinski definition) is 2. The summed E-state index contributed by atoms with van der Waals surface area (Å²) in [5.74, 6) is -2.09. The summed E-state index contributed by atoms with van der Waals surface area (Å²) in [6.45, 7) is 3.45. The summed E-state index contributed by atoms with van der Waals surface area (Å²) in [5.41, 5.74) is 0.358. The van der Waals surface area contributed by atoms with Gasteiger partial charge in [0.25, 0.3) is 0 Å². The lowest BCUT2D eigenvalue weighted by Crippen LogP contribution is -2.55. The lowest BCUT2D eigenvalue weighted by Gasteiger charge is -2.42. The van der Waals surface area contributed by atoms with Crippen molar-refractivity contribution in [1.82, 2.24) is 15.1 Å². The molecule has 2 N–H and O–H groups in total. The zero-order chi connectivity index (χ0) is 19.0. The van der Waals surface area contributed by atoms with Crippen LogP contribution in [0.15, 0.2) is 0 Å². The molecule has 1 aliphatic carbocycles. The first-order valence-electron chi connectivity index (χ1n) is 8.08. The van der Waals surface area contributed by atoms with Crippen LogP contribution in [0.5, 0.6) is 0 Å². The first-order chi connectivity index (χ1) is 11.4. The third-order valence-electron chi connectivity index (χ3n) is 4.78. The van der Waals surface area contributed by atoms with Crippen LogP contribution in [0.2, 0.25) is 0 Å². The van der Waals surface area contributed by atoms with Crippen molar-refractivity contribution in [1.29, 1.82) is 0 Å². The van der Waals surface area contributed by atoms with Crippen molar-refractivity contribution in [2.75, 3.05) is 0 Å². The van der Waals surface area contributed by atoms with Gasteiger partial charge in [-0.05, 0) is 40.0 Å². The van der Waals surface area contributed by atoms with E-state index in [1.807, 2.05) is 0 Å². The van der Waals surface area contributed by atoms with E-state index in [4.69, 9.17) is 5.11 Å². The van der Waals surface area contributed by atoms with Crippen LogP contribution in [0.25, 0.3) is 0 Å². The van der Waals surface area contributed by atoms with Crippen molar-refractivity contribution < 1.29 is 27.9 Å². The van der Waals surface area contributed by atoms with Crippen molar-refractivity contribution in [3.63, 3.8) is 0 Å². The van der Waals surface area contributed by atoms with Crippen LogP contribution in [-0.4, -0.2) is 38.5 Å². The Morgan fingerprint density at radius 2 is 1.96 bits per heavy atom. The van der Waals surface area contributed by atoms with Gasteiger partial charge in [0.2, 0.25) is 5.91 Å². The first-order valence-corrected chi connectivity index (χ1v) is 8.08. The average Bonchev–Trinajstić information content (AvgIpc) is 2.67. The second-order valence-corrected chi connectivity index (χ2v) is 6.77.